The summed E-state index contributed by atoms with van der Waals surface area (Å²) in [5.74, 6) is -3.83. The van der Waals surface area contributed by atoms with E-state index in [9.17, 15) is 18.4 Å². The molecule has 0 aliphatic carbocycles. The van der Waals surface area contributed by atoms with Crippen molar-refractivity contribution in [1.82, 2.24) is 4.90 Å². The van der Waals surface area contributed by atoms with Gasteiger partial charge in [-0.3, -0.25) is 9.59 Å². The Morgan fingerprint density at radius 2 is 2.05 bits per heavy atom. The Kier molecular flexibility index (Phi) is 5.73. The van der Waals surface area contributed by atoms with Crippen molar-refractivity contribution in [1.29, 1.82) is 0 Å². The minimum absolute atomic E-state index is 0.178. The minimum Gasteiger partial charge on any atom is -0.481 e. The van der Waals surface area contributed by atoms with Crippen LogP contribution in [0.5, 0.6) is 0 Å². The Morgan fingerprint density at radius 1 is 1.36 bits per heavy atom. The standard InChI is InChI=1S/C14H15F2NO4S/c15-14(16)22-11-3-1-9(2-4-11)13(20)17-5-6-21-8-10(17)7-12(18)19/h1-4,10,14H,5-8H2,(H,18,19). The van der Waals surface area contributed by atoms with Gasteiger partial charge in [-0.15, -0.1) is 0 Å². The summed E-state index contributed by atoms with van der Waals surface area (Å²) in [6.07, 6.45) is -0.189. The van der Waals surface area contributed by atoms with Gasteiger partial charge in [0.05, 0.1) is 25.7 Å². The first-order chi connectivity index (χ1) is 10.5. The molecule has 1 aromatic rings. The molecule has 1 saturated heterocycles. The van der Waals surface area contributed by atoms with Crippen LogP contribution in [-0.4, -0.2) is 53.4 Å². The summed E-state index contributed by atoms with van der Waals surface area (Å²) >= 11 is 0.407. The highest BCUT2D eigenvalue weighted by Gasteiger charge is 2.29. The van der Waals surface area contributed by atoms with Crippen LogP contribution in [0.3, 0.4) is 0 Å². The van der Waals surface area contributed by atoms with Crippen LogP contribution in [0.4, 0.5) is 8.78 Å². The van der Waals surface area contributed by atoms with Crippen molar-refractivity contribution in [3.05, 3.63) is 29.8 Å². The molecule has 22 heavy (non-hydrogen) atoms. The number of morpholine rings is 1. The molecule has 2 rings (SSSR count). The molecular formula is C14H15F2NO4S. The minimum atomic E-state index is -2.51. The lowest BCUT2D eigenvalue weighted by molar-refractivity contribution is -0.139. The van der Waals surface area contributed by atoms with E-state index in [4.69, 9.17) is 9.84 Å². The van der Waals surface area contributed by atoms with E-state index in [0.717, 1.165) is 0 Å². The average molecular weight is 331 g/mol. The summed E-state index contributed by atoms with van der Waals surface area (Å²) in [5.41, 5.74) is 0.343. The molecule has 1 fully saturated rings. The molecule has 0 saturated carbocycles. The maximum Gasteiger partial charge on any atom is 0.305 e. The number of nitrogens with zero attached hydrogens (tertiary/aromatic N) is 1. The zero-order valence-electron chi connectivity index (χ0n) is 11.6. The van der Waals surface area contributed by atoms with Gasteiger partial charge in [-0.1, -0.05) is 11.8 Å². The van der Waals surface area contributed by atoms with Crippen molar-refractivity contribution in [2.45, 2.75) is 23.1 Å². The van der Waals surface area contributed by atoms with E-state index in [1.54, 1.807) is 0 Å². The molecule has 1 aliphatic heterocycles. The predicted molar refractivity (Wildman–Crippen MR) is 76.2 cm³/mol. The highest BCUT2D eigenvalue weighted by molar-refractivity contribution is 7.99. The number of carbonyl (C=O) groups is 2. The molecule has 1 N–H and O–H groups in total. The van der Waals surface area contributed by atoms with E-state index >= 15 is 0 Å². The molecule has 1 atom stereocenters. The number of halogens is 2. The monoisotopic (exact) mass is 331 g/mol. The molecule has 1 amide bonds. The summed E-state index contributed by atoms with van der Waals surface area (Å²) in [4.78, 5) is 25.1. The zero-order chi connectivity index (χ0) is 16.1. The molecule has 120 valence electrons. The number of thioether (sulfide) groups is 1. The third-order valence-electron chi connectivity index (χ3n) is 3.23. The van der Waals surface area contributed by atoms with E-state index in [0.29, 0.717) is 35.4 Å². The number of alkyl halides is 2. The quantitative estimate of drug-likeness (QED) is 0.839. The van der Waals surface area contributed by atoms with Crippen LogP contribution in [0, 0.1) is 0 Å². The van der Waals surface area contributed by atoms with Gasteiger partial charge in [-0.05, 0) is 24.3 Å². The van der Waals surface area contributed by atoms with Gasteiger partial charge in [0, 0.05) is 17.0 Å². The Bertz CT molecular complexity index is 538. The van der Waals surface area contributed by atoms with Crippen molar-refractivity contribution >= 4 is 23.6 Å². The second-order valence-corrected chi connectivity index (χ2v) is 5.79. The first-order valence-electron chi connectivity index (χ1n) is 6.62. The fraction of sp³-hybridized carbons (Fsp3) is 0.429. The van der Waals surface area contributed by atoms with Gasteiger partial charge < -0.3 is 14.7 Å². The number of rotatable bonds is 5. The Balaban J connectivity index is 2.09. The Hall–Kier alpha value is -1.67. The average Bonchev–Trinajstić information content (AvgIpc) is 2.47. The third kappa shape index (κ3) is 4.41. The molecule has 0 radical (unpaired) electrons. The second-order valence-electron chi connectivity index (χ2n) is 4.73. The van der Waals surface area contributed by atoms with Crippen LogP contribution in [0.15, 0.2) is 29.2 Å². The molecule has 1 heterocycles. The van der Waals surface area contributed by atoms with Crippen LogP contribution >= 0.6 is 11.8 Å². The van der Waals surface area contributed by atoms with Gasteiger partial charge in [0.1, 0.15) is 0 Å². The largest absolute Gasteiger partial charge is 0.481 e. The van der Waals surface area contributed by atoms with Crippen molar-refractivity contribution < 1.29 is 28.2 Å². The number of carbonyl (C=O) groups excluding carboxylic acids is 1. The first-order valence-corrected chi connectivity index (χ1v) is 7.50. The second kappa shape index (κ2) is 7.55. The highest BCUT2D eigenvalue weighted by Crippen LogP contribution is 2.25. The van der Waals surface area contributed by atoms with Crippen LogP contribution in [0.1, 0.15) is 16.8 Å². The van der Waals surface area contributed by atoms with E-state index in [1.807, 2.05) is 0 Å². The first kappa shape index (κ1) is 16.7. The molecule has 8 heteroatoms. The van der Waals surface area contributed by atoms with Gasteiger partial charge in [-0.25, -0.2) is 0 Å². The van der Waals surface area contributed by atoms with Crippen molar-refractivity contribution in [2.75, 3.05) is 19.8 Å². The summed E-state index contributed by atoms with van der Waals surface area (Å²) in [6.45, 7) is 0.836. The summed E-state index contributed by atoms with van der Waals surface area (Å²) < 4.78 is 29.7. The smallest absolute Gasteiger partial charge is 0.305 e. The lowest BCUT2D eigenvalue weighted by atomic mass is 10.1. The lowest BCUT2D eigenvalue weighted by Crippen LogP contribution is -2.49. The van der Waals surface area contributed by atoms with Crippen molar-refractivity contribution in [2.24, 2.45) is 0 Å². The van der Waals surface area contributed by atoms with E-state index in [-0.39, 0.29) is 18.9 Å². The van der Waals surface area contributed by atoms with Gasteiger partial charge in [0.2, 0.25) is 0 Å². The van der Waals surface area contributed by atoms with Crippen molar-refractivity contribution in [3.8, 4) is 0 Å². The van der Waals surface area contributed by atoms with Gasteiger partial charge >= 0.3 is 5.97 Å². The normalized spacial score (nSPS) is 18.5. The molecule has 0 bridgehead atoms. The van der Waals surface area contributed by atoms with E-state index in [1.165, 1.54) is 29.2 Å². The van der Waals surface area contributed by atoms with E-state index < -0.39 is 17.8 Å². The van der Waals surface area contributed by atoms with Gasteiger partial charge in [0.25, 0.3) is 11.7 Å². The predicted octanol–water partition coefficient (Wildman–Crippen LogP) is 2.32. The SMILES string of the molecule is O=C(O)CC1COCCN1C(=O)c1ccc(SC(F)F)cc1. The molecule has 1 aliphatic rings. The summed E-state index contributed by atoms with van der Waals surface area (Å²) in [5, 5.41) is 8.89. The fourth-order valence-corrected chi connectivity index (χ4v) is 2.74. The fourth-order valence-electron chi connectivity index (χ4n) is 2.24. The topological polar surface area (TPSA) is 66.8 Å². The number of ether oxygens (including phenoxy) is 1. The molecule has 0 aromatic heterocycles. The summed E-state index contributed by atoms with van der Waals surface area (Å²) in [6, 6.07) is 5.34. The molecule has 0 spiro atoms. The van der Waals surface area contributed by atoms with E-state index in [2.05, 4.69) is 0 Å². The van der Waals surface area contributed by atoms with Crippen molar-refractivity contribution in [3.63, 3.8) is 0 Å². The van der Waals surface area contributed by atoms with Gasteiger partial charge in [0.15, 0.2) is 0 Å². The molecule has 5 nitrogen and oxygen atoms in total. The van der Waals surface area contributed by atoms with Crippen LogP contribution in [-0.2, 0) is 9.53 Å². The highest BCUT2D eigenvalue weighted by atomic mass is 32.2. The number of amides is 1. The van der Waals surface area contributed by atoms with Crippen LogP contribution < -0.4 is 0 Å². The van der Waals surface area contributed by atoms with Gasteiger partial charge in [-0.2, -0.15) is 8.78 Å². The maximum atomic E-state index is 12.4. The number of aliphatic carboxylic acids is 1. The molecule has 1 unspecified atom stereocenters. The Labute approximate surface area is 130 Å². The summed E-state index contributed by atoms with van der Waals surface area (Å²) in [7, 11) is 0. The zero-order valence-corrected chi connectivity index (χ0v) is 12.4. The molecular weight excluding hydrogens is 316 g/mol. The van der Waals surface area contributed by atoms with Crippen LogP contribution in [0.2, 0.25) is 0 Å². The Morgan fingerprint density at radius 3 is 2.64 bits per heavy atom. The molecule has 1 aromatic carbocycles. The lowest BCUT2D eigenvalue weighted by Gasteiger charge is -2.34. The number of benzene rings is 1. The third-order valence-corrected chi connectivity index (χ3v) is 3.95. The number of hydrogen-bond acceptors (Lipinski definition) is 4. The van der Waals surface area contributed by atoms with Crippen LogP contribution in [0.25, 0.3) is 0 Å². The maximum absolute atomic E-state index is 12.4. The number of hydrogen-bond donors (Lipinski definition) is 1. The number of carboxylic acid groups (broad SMARTS) is 1. The number of carboxylic acids is 1.